The molecule has 182 valence electrons. The summed E-state index contributed by atoms with van der Waals surface area (Å²) in [6.07, 6.45) is 10.3. The summed E-state index contributed by atoms with van der Waals surface area (Å²) in [5.41, 5.74) is 2.99. The Labute approximate surface area is 204 Å². The standard InChI is InChI=1S/C30H39NO3/c1-4-6-9-15-25-23-29(21-5-2,34-31(32)24(25)3)33-28-20-14-22-30(28,26-16-10-7-11-17-26)27-18-12-8-13-19-27/h5,7-8,10-13,16-19,25,28H,2,4,6,9,14-15,20-23H2,1,3H3. The second kappa shape index (κ2) is 10.8. The summed E-state index contributed by atoms with van der Waals surface area (Å²) < 4.78 is 7.01. The molecule has 0 spiro atoms. The Bertz CT molecular complexity index is 932. The maximum Gasteiger partial charge on any atom is 0.222 e. The maximum atomic E-state index is 12.9. The van der Waals surface area contributed by atoms with Gasteiger partial charge in [-0.15, -0.1) is 6.58 Å². The van der Waals surface area contributed by atoms with Crippen LogP contribution in [0.3, 0.4) is 0 Å². The van der Waals surface area contributed by atoms with Crippen LogP contribution in [0.2, 0.25) is 0 Å². The van der Waals surface area contributed by atoms with Crippen LogP contribution in [-0.4, -0.2) is 22.5 Å². The molecule has 0 aromatic heterocycles. The van der Waals surface area contributed by atoms with Crippen LogP contribution in [0, 0.1) is 11.1 Å². The highest BCUT2D eigenvalue weighted by Crippen LogP contribution is 2.50. The van der Waals surface area contributed by atoms with E-state index in [1.165, 1.54) is 17.5 Å². The highest BCUT2D eigenvalue weighted by Gasteiger charge is 2.51. The van der Waals surface area contributed by atoms with Gasteiger partial charge in [-0.2, -0.15) is 0 Å². The van der Waals surface area contributed by atoms with Gasteiger partial charge in [0.05, 0.1) is 6.10 Å². The predicted octanol–water partition coefficient (Wildman–Crippen LogP) is 7.32. The molecule has 0 radical (unpaired) electrons. The largest absolute Gasteiger partial charge is 0.369 e. The molecule has 0 bridgehead atoms. The molecule has 3 atom stereocenters. The molecule has 2 aliphatic rings. The van der Waals surface area contributed by atoms with E-state index in [1.54, 1.807) is 0 Å². The third-order valence-corrected chi connectivity index (χ3v) is 7.82. The molecule has 2 aromatic rings. The number of benzene rings is 2. The molecular weight excluding hydrogens is 422 g/mol. The van der Waals surface area contributed by atoms with Gasteiger partial charge in [0.2, 0.25) is 5.71 Å². The van der Waals surface area contributed by atoms with Crippen molar-refractivity contribution in [2.75, 3.05) is 0 Å². The second-order valence-electron chi connectivity index (χ2n) is 9.99. The first kappa shape index (κ1) is 24.5. The summed E-state index contributed by atoms with van der Waals surface area (Å²) in [4.78, 5) is 6.76. The fourth-order valence-electron chi connectivity index (χ4n) is 6.03. The van der Waals surface area contributed by atoms with Gasteiger partial charge in [-0.05, 0) is 36.8 Å². The van der Waals surface area contributed by atoms with Gasteiger partial charge in [-0.3, -0.25) is 5.21 Å². The lowest BCUT2D eigenvalue weighted by molar-refractivity contribution is -0.791. The molecule has 3 unspecified atom stereocenters. The maximum absolute atomic E-state index is 12.9. The fraction of sp³-hybridized carbons (Fsp3) is 0.500. The highest BCUT2D eigenvalue weighted by molar-refractivity contribution is 5.79. The fourth-order valence-corrected chi connectivity index (χ4v) is 6.03. The Balaban J connectivity index is 1.71. The van der Waals surface area contributed by atoms with Crippen LogP contribution in [0.25, 0.3) is 0 Å². The van der Waals surface area contributed by atoms with Gasteiger partial charge in [0.15, 0.2) is 5.79 Å². The molecule has 4 nitrogen and oxygen atoms in total. The number of nitrogens with zero attached hydrogens (tertiary/aromatic N) is 1. The zero-order valence-electron chi connectivity index (χ0n) is 20.7. The van der Waals surface area contributed by atoms with Crippen LogP contribution in [0.4, 0.5) is 0 Å². The number of hydrogen-bond donors (Lipinski definition) is 0. The molecule has 0 N–H and O–H groups in total. The zero-order chi connectivity index (χ0) is 24.0. The first-order chi connectivity index (χ1) is 16.5. The average Bonchev–Trinajstić information content (AvgIpc) is 3.27. The molecular formula is C30H39NO3. The van der Waals surface area contributed by atoms with Crippen molar-refractivity contribution in [2.24, 2.45) is 5.92 Å². The predicted molar refractivity (Wildman–Crippen MR) is 138 cm³/mol. The van der Waals surface area contributed by atoms with Crippen LogP contribution in [0.15, 0.2) is 73.3 Å². The van der Waals surface area contributed by atoms with E-state index in [-0.39, 0.29) is 17.4 Å². The topological polar surface area (TPSA) is 44.5 Å². The summed E-state index contributed by atoms with van der Waals surface area (Å²) in [5.74, 6) is -0.842. The third-order valence-electron chi connectivity index (χ3n) is 7.82. The van der Waals surface area contributed by atoms with E-state index < -0.39 is 5.79 Å². The smallest absolute Gasteiger partial charge is 0.222 e. The number of unbranched alkanes of at least 4 members (excludes halogenated alkanes) is 2. The number of ether oxygens (including phenoxy) is 1. The highest BCUT2D eigenvalue weighted by atomic mass is 16.9. The van der Waals surface area contributed by atoms with Crippen molar-refractivity contribution in [2.45, 2.75) is 88.9 Å². The van der Waals surface area contributed by atoms with Crippen molar-refractivity contribution in [3.8, 4) is 0 Å². The first-order valence-corrected chi connectivity index (χ1v) is 12.9. The second-order valence-corrected chi connectivity index (χ2v) is 9.99. The van der Waals surface area contributed by atoms with E-state index in [9.17, 15) is 5.21 Å². The van der Waals surface area contributed by atoms with Crippen molar-refractivity contribution in [1.82, 2.24) is 0 Å². The molecule has 34 heavy (non-hydrogen) atoms. The first-order valence-electron chi connectivity index (χ1n) is 12.9. The summed E-state index contributed by atoms with van der Waals surface area (Å²) in [6.45, 7) is 8.09. The Hall–Kier alpha value is -2.59. The van der Waals surface area contributed by atoms with Crippen molar-refractivity contribution in [1.29, 1.82) is 0 Å². The van der Waals surface area contributed by atoms with Crippen LogP contribution < -0.4 is 0 Å². The minimum Gasteiger partial charge on any atom is -0.369 e. The molecule has 1 saturated carbocycles. The summed E-state index contributed by atoms with van der Waals surface area (Å²) in [5, 5.41) is 12.9. The van der Waals surface area contributed by atoms with Gasteiger partial charge in [-0.25, -0.2) is 0 Å². The Kier molecular flexibility index (Phi) is 7.77. The minimum atomic E-state index is -0.996. The molecule has 1 aliphatic heterocycles. The van der Waals surface area contributed by atoms with E-state index in [4.69, 9.17) is 9.57 Å². The molecule has 4 rings (SSSR count). The molecule has 0 amide bonds. The zero-order valence-corrected chi connectivity index (χ0v) is 20.7. The average molecular weight is 462 g/mol. The van der Waals surface area contributed by atoms with Gasteiger partial charge in [0, 0.05) is 36.0 Å². The lowest BCUT2D eigenvalue weighted by Crippen LogP contribution is -2.52. The molecule has 0 saturated heterocycles. The van der Waals surface area contributed by atoms with Crippen LogP contribution >= 0.6 is 0 Å². The number of hydrogen-bond acceptors (Lipinski definition) is 3. The monoisotopic (exact) mass is 461 g/mol. The van der Waals surface area contributed by atoms with Gasteiger partial charge in [0.1, 0.15) is 0 Å². The van der Waals surface area contributed by atoms with E-state index >= 15 is 0 Å². The SMILES string of the molecule is C=CCC1(OC2CCCC2(c2ccccc2)c2ccccc2)CC(CCCCC)C(C)=[N+]([O-])O1. The van der Waals surface area contributed by atoms with Gasteiger partial charge < -0.3 is 9.57 Å². The van der Waals surface area contributed by atoms with Gasteiger partial charge in [0.25, 0.3) is 0 Å². The van der Waals surface area contributed by atoms with E-state index in [1.807, 2.05) is 13.0 Å². The Morgan fingerprint density at radius 3 is 2.32 bits per heavy atom. The van der Waals surface area contributed by atoms with Gasteiger partial charge in [-0.1, -0.05) is 92.9 Å². The van der Waals surface area contributed by atoms with E-state index in [2.05, 4.69) is 74.2 Å². The van der Waals surface area contributed by atoms with Crippen LogP contribution in [-0.2, 0) is 15.0 Å². The third kappa shape index (κ3) is 4.79. The Morgan fingerprint density at radius 2 is 1.74 bits per heavy atom. The van der Waals surface area contributed by atoms with Crippen molar-refractivity contribution >= 4 is 5.71 Å². The van der Waals surface area contributed by atoms with Crippen molar-refractivity contribution in [3.63, 3.8) is 0 Å². The van der Waals surface area contributed by atoms with Crippen molar-refractivity contribution < 1.29 is 14.5 Å². The molecule has 1 fully saturated rings. The van der Waals surface area contributed by atoms with Crippen LogP contribution in [0.5, 0.6) is 0 Å². The number of rotatable bonds is 10. The summed E-state index contributed by atoms with van der Waals surface area (Å²) in [6, 6.07) is 21.4. The van der Waals surface area contributed by atoms with E-state index in [0.29, 0.717) is 12.8 Å². The normalized spacial score (nSPS) is 26.3. The molecule has 4 heteroatoms. The van der Waals surface area contributed by atoms with Crippen molar-refractivity contribution in [3.05, 3.63) is 89.7 Å². The minimum absolute atomic E-state index is 0.0969. The Morgan fingerprint density at radius 1 is 1.09 bits per heavy atom. The quantitative estimate of drug-likeness (QED) is 0.212. The lowest BCUT2D eigenvalue weighted by Gasteiger charge is -2.46. The van der Waals surface area contributed by atoms with E-state index in [0.717, 1.165) is 49.1 Å². The molecule has 1 heterocycles. The summed E-state index contributed by atoms with van der Waals surface area (Å²) in [7, 11) is 0. The van der Waals surface area contributed by atoms with Gasteiger partial charge >= 0.3 is 0 Å². The van der Waals surface area contributed by atoms with Crippen LogP contribution in [0.1, 0.15) is 82.8 Å². The summed E-state index contributed by atoms with van der Waals surface area (Å²) >= 11 is 0. The lowest BCUT2D eigenvalue weighted by atomic mass is 9.71. The molecule has 1 aliphatic carbocycles. The molecule has 2 aromatic carbocycles.